The molecule has 0 spiro atoms. The van der Waals surface area contributed by atoms with E-state index in [2.05, 4.69) is 27.2 Å². The first kappa shape index (κ1) is 36.0. The number of nitriles is 1. The third-order valence-corrected chi connectivity index (χ3v) is 10.7. The number of piperidine rings is 2. The predicted molar refractivity (Wildman–Crippen MR) is 189 cm³/mol. The number of ether oxygens (including phenoxy) is 1. The number of rotatable bonds is 9. The summed E-state index contributed by atoms with van der Waals surface area (Å²) in [6.45, 7) is 5.84. The first-order chi connectivity index (χ1) is 25.5. The molecule has 1 N–H and O–H groups in total. The molecule has 1 unspecified atom stereocenters. The number of imide groups is 2. The lowest BCUT2D eigenvalue weighted by molar-refractivity contribution is -0.138. The van der Waals surface area contributed by atoms with Gasteiger partial charge in [-0.2, -0.15) is 18.4 Å². The lowest BCUT2D eigenvalue weighted by Gasteiger charge is -2.36. The van der Waals surface area contributed by atoms with Crippen LogP contribution in [-0.4, -0.2) is 91.9 Å². The predicted octanol–water partition coefficient (Wildman–Crippen LogP) is 4.95. The smallest absolute Gasteiger partial charge is 0.417 e. The first-order valence-electron chi connectivity index (χ1n) is 17.9. The number of hydrogen-bond donors (Lipinski definition) is 1. The number of fused-ring (bicyclic) bond motifs is 1. The summed E-state index contributed by atoms with van der Waals surface area (Å²) in [5, 5.41) is 11.3. The van der Waals surface area contributed by atoms with Crippen LogP contribution in [0.25, 0.3) is 0 Å². The van der Waals surface area contributed by atoms with E-state index < -0.39 is 41.4 Å². The number of nitrogens with one attached hydrogen (secondary N) is 1. The Kier molecular flexibility index (Phi) is 10.1. The minimum Gasteiger partial charge on any atom is -0.494 e. The zero-order valence-electron chi connectivity index (χ0n) is 29.0. The molecule has 4 amide bonds. The molecule has 7 rings (SSSR count). The molecule has 3 fully saturated rings. The van der Waals surface area contributed by atoms with Gasteiger partial charge >= 0.3 is 6.18 Å². The van der Waals surface area contributed by atoms with Crippen molar-refractivity contribution in [1.29, 1.82) is 5.26 Å². The van der Waals surface area contributed by atoms with Crippen LogP contribution < -0.4 is 19.9 Å². The fraction of sp³-hybridized carbons (Fsp3) is 0.410. The molecule has 1 atom stereocenters. The number of piperazine rings is 1. The second-order valence-corrected chi connectivity index (χ2v) is 13.9. The summed E-state index contributed by atoms with van der Waals surface area (Å²) >= 11 is 0. The van der Waals surface area contributed by atoms with Crippen molar-refractivity contribution in [2.24, 2.45) is 0 Å². The average Bonchev–Trinajstić information content (AvgIpc) is 3.41. The molecule has 0 aromatic heterocycles. The number of benzene rings is 3. The van der Waals surface area contributed by atoms with Crippen molar-refractivity contribution < 1.29 is 37.1 Å². The molecule has 3 aromatic carbocycles. The largest absolute Gasteiger partial charge is 0.494 e. The van der Waals surface area contributed by atoms with E-state index in [4.69, 9.17) is 10.00 Å². The summed E-state index contributed by atoms with van der Waals surface area (Å²) in [6.07, 6.45) is -1.92. The van der Waals surface area contributed by atoms with Crippen LogP contribution in [0.1, 0.15) is 75.4 Å². The van der Waals surface area contributed by atoms with Crippen LogP contribution in [0.2, 0.25) is 0 Å². The van der Waals surface area contributed by atoms with Gasteiger partial charge in [-0.1, -0.05) is 12.1 Å². The van der Waals surface area contributed by atoms with Crippen LogP contribution in [0.5, 0.6) is 5.75 Å². The quantitative estimate of drug-likeness (QED) is 0.241. The maximum Gasteiger partial charge on any atom is 0.417 e. The highest BCUT2D eigenvalue weighted by Crippen LogP contribution is 2.37. The number of nitrogens with zero attached hydrogens (tertiary/aromatic N) is 5. The molecule has 276 valence electrons. The van der Waals surface area contributed by atoms with Crippen molar-refractivity contribution in [3.05, 3.63) is 88.5 Å². The molecule has 0 aliphatic carbocycles. The van der Waals surface area contributed by atoms with Crippen molar-refractivity contribution in [1.82, 2.24) is 15.1 Å². The molecule has 4 aliphatic rings. The first-order valence-corrected chi connectivity index (χ1v) is 17.9. The Morgan fingerprint density at radius 3 is 2.13 bits per heavy atom. The molecule has 0 bridgehead atoms. The molecule has 0 radical (unpaired) electrons. The van der Waals surface area contributed by atoms with E-state index >= 15 is 0 Å². The topological polar surface area (TPSA) is 126 Å². The number of hydrogen-bond acceptors (Lipinski definition) is 9. The number of anilines is 2. The van der Waals surface area contributed by atoms with Crippen LogP contribution in [0, 0.1) is 11.3 Å². The van der Waals surface area contributed by atoms with Gasteiger partial charge in [-0.25, -0.2) is 0 Å². The summed E-state index contributed by atoms with van der Waals surface area (Å²) in [7, 11) is 0. The van der Waals surface area contributed by atoms with Crippen LogP contribution >= 0.6 is 0 Å². The lowest BCUT2D eigenvalue weighted by Crippen LogP contribution is -2.54. The molecule has 4 aliphatic heterocycles. The molecular formula is C39H39F3N6O5. The van der Waals surface area contributed by atoms with E-state index in [0.29, 0.717) is 31.3 Å². The summed E-state index contributed by atoms with van der Waals surface area (Å²) in [6, 6.07) is 17.8. The summed E-state index contributed by atoms with van der Waals surface area (Å²) in [5.74, 6) is -0.969. The molecule has 53 heavy (non-hydrogen) atoms. The maximum atomic E-state index is 13.4. The minimum absolute atomic E-state index is 0.0773. The van der Waals surface area contributed by atoms with Gasteiger partial charge in [0.1, 0.15) is 11.8 Å². The normalized spacial score (nSPS) is 20.0. The Balaban J connectivity index is 0.833. The van der Waals surface area contributed by atoms with Crippen molar-refractivity contribution in [2.45, 2.75) is 50.2 Å². The minimum atomic E-state index is -4.58. The van der Waals surface area contributed by atoms with E-state index in [1.165, 1.54) is 11.6 Å². The Labute approximate surface area is 304 Å². The summed E-state index contributed by atoms with van der Waals surface area (Å²) in [5.41, 5.74) is 1.79. The van der Waals surface area contributed by atoms with Gasteiger partial charge in [0.15, 0.2) is 0 Å². The van der Waals surface area contributed by atoms with Gasteiger partial charge in [0.05, 0.1) is 34.9 Å². The number of amides is 4. The standard InChI is InChI=1S/C39H39F3N6O5/c40-39(41,42)33-23-29(5-2-27(33)24-43)46-15-12-26(13-16-46)25-3-7-30(8-4-25)53-21-1-14-45-17-19-47(20-18-45)28-6-9-31-32(22-28)38(52)48(37(31)51)34-10-11-35(49)44-36(34)50/h2-9,22-23,26,34H,1,10-21H2,(H,44,49,50). The van der Waals surface area contributed by atoms with Gasteiger partial charge < -0.3 is 14.5 Å². The summed E-state index contributed by atoms with van der Waals surface area (Å²) < 4.78 is 46.4. The van der Waals surface area contributed by atoms with Crippen molar-refractivity contribution >= 4 is 35.0 Å². The SMILES string of the molecule is N#Cc1ccc(N2CCC(c3ccc(OCCCN4CCN(c5ccc6c(c5)C(=O)N(C5CCC(=O)NC5=O)C6=O)CC4)cc3)CC2)cc1C(F)(F)F. The van der Waals surface area contributed by atoms with Crippen LogP contribution in [0.4, 0.5) is 24.5 Å². The van der Waals surface area contributed by atoms with Gasteiger partial charge in [-0.15, -0.1) is 0 Å². The van der Waals surface area contributed by atoms with E-state index in [1.807, 2.05) is 23.1 Å². The second-order valence-electron chi connectivity index (χ2n) is 13.9. The molecule has 3 aromatic rings. The highest BCUT2D eigenvalue weighted by molar-refractivity contribution is 6.23. The Morgan fingerprint density at radius 1 is 0.792 bits per heavy atom. The highest BCUT2D eigenvalue weighted by Gasteiger charge is 2.45. The Hall–Kier alpha value is -5.42. The highest BCUT2D eigenvalue weighted by atomic mass is 19.4. The average molecular weight is 729 g/mol. The van der Waals surface area contributed by atoms with Crippen molar-refractivity contribution in [2.75, 3.05) is 62.2 Å². The van der Waals surface area contributed by atoms with E-state index in [9.17, 15) is 32.3 Å². The van der Waals surface area contributed by atoms with Crippen molar-refractivity contribution in [3.63, 3.8) is 0 Å². The van der Waals surface area contributed by atoms with Gasteiger partial charge in [0, 0.05) is 63.6 Å². The molecule has 0 saturated carbocycles. The maximum absolute atomic E-state index is 13.4. The number of carbonyl (C=O) groups is 4. The molecule has 3 saturated heterocycles. The third-order valence-electron chi connectivity index (χ3n) is 10.7. The van der Waals surface area contributed by atoms with Crippen LogP contribution in [0.3, 0.4) is 0 Å². The Bertz CT molecular complexity index is 1950. The van der Waals surface area contributed by atoms with E-state index in [-0.39, 0.29) is 29.5 Å². The van der Waals surface area contributed by atoms with Gasteiger partial charge in [0.2, 0.25) is 11.8 Å². The number of halogens is 3. The van der Waals surface area contributed by atoms with Gasteiger partial charge in [-0.05, 0) is 85.7 Å². The second kappa shape index (κ2) is 14.9. The Morgan fingerprint density at radius 2 is 1.45 bits per heavy atom. The number of alkyl halides is 3. The zero-order valence-corrected chi connectivity index (χ0v) is 29.0. The molecule has 4 heterocycles. The zero-order chi connectivity index (χ0) is 37.3. The molecule has 11 nitrogen and oxygen atoms in total. The van der Waals surface area contributed by atoms with Crippen LogP contribution in [0.15, 0.2) is 60.7 Å². The van der Waals surface area contributed by atoms with Gasteiger partial charge in [-0.3, -0.25) is 34.3 Å². The monoisotopic (exact) mass is 728 g/mol. The van der Waals surface area contributed by atoms with E-state index in [0.717, 1.165) is 74.4 Å². The lowest BCUT2D eigenvalue weighted by atomic mass is 9.89. The number of carbonyl (C=O) groups excluding carboxylic acids is 4. The van der Waals surface area contributed by atoms with Crippen molar-refractivity contribution in [3.8, 4) is 11.8 Å². The fourth-order valence-electron chi connectivity index (χ4n) is 7.73. The third kappa shape index (κ3) is 7.57. The van der Waals surface area contributed by atoms with Gasteiger partial charge in [0.25, 0.3) is 11.8 Å². The summed E-state index contributed by atoms with van der Waals surface area (Å²) in [4.78, 5) is 57.7. The molecular weight excluding hydrogens is 689 g/mol. The van der Waals surface area contributed by atoms with Crippen LogP contribution in [-0.2, 0) is 15.8 Å². The fourth-order valence-corrected chi connectivity index (χ4v) is 7.73. The van der Waals surface area contributed by atoms with E-state index in [1.54, 1.807) is 24.3 Å². The molecule has 14 heteroatoms.